The van der Waals surface area contributed by atoms with Crippen LogP contribution in [0.4, 0.5) is 18.9 Å². The first-order valence-electron chi connectivity index (χ1n) is 11.1. The Labute approximate surface area is 186 Å². The monoisotopic (exact) mass is 451 g/mol. The Balaban J connectivity index is 1.92. The molecule has 5 nitrogen and oxygen atoms in total. The number of rotatable bonds is 5. The lowest BCUT2D eigenvalue weighted by Gasteiger charge is -2.27. The van der Waals surface area contributed by atoms with Crippen molar-refractivity contribution >= 4 is 22.5 Å². The fourth-order valence-corrected chi connectivity index (χ4v) is 4.22. The first-order valence-corrected chi connectivity index (χ1v) is 11.1. The summed E-state index contributed by atoms with van der Waals surface area (Å²) in [6, 6.07) is 4.99. The highest BCUT2D eigenvalue weighted by atomic mass is 19.4. The molecule has 1 heterocycles. The molecule has 1 aliphatic rings. The molecule has 176 valence electrons. The number of carbonyl (C=O) groups excluding carboxylic acids is 1. The molecule has 3 rings (SSSR count). The number of hydrogen-bond acceptors (Lipinski definition) is 4. The highest BCUT2D eigenvalue weighted by molar-refractivity contribution is 5.97. The standard InChI is InChI=1S/C24H32F3N3O2/c1-14-9-19(22(32)28-12-15-7-5-6-8-20(15)31)30-21-17(14)10-16(29-13-24(25,26)27)11-18(21)23(2,3)4/h9-11,15,20,29,31H,5-8,12-13H2,1-4H3,(H,28,32)/t15-,20+/m1/s1. The van der Waals surface area contributed by atoms with Crippen LogP contribution in [0.3, 0.4) is 0 Å². The number of hydrogen-bond donors (Lipinski definition) is 3. The van der Waals surface area contributed by atoms with Gasteiger partial charge in [0.1, 0.15) is 12.2 Å². The van der Waals surface area contributed by atoms with Crippen molar-refractivity contribution in [2.24, 2.45) is 5.92 Å². The average molecular weight is 452 g/mol. The number of halogens is 3. The van der Waals surface area contributed by atoms with E-state index < -0.39 is 24.2 Å². The summed E-state index contributed by atoms with van der Waals surface area (Å²) in [5.41, 5.74) is 2.38. The van der Waals surface area contributed by atoms with Gasteiger partial charge in [-0.3, -0.25) is 4.79 Å². The van der Waals surface area contributed by atoms with E-state index in [0.717, 1.165) is 36.8 Å². The Morgan fingerprint density at radius 1 is 1.16 bits per heavy atom. The zero-order chi connectivity index (χ0) is 23.7. The Morgan fingerprint density at radius 3 is 2.47 bits per heavy atom. The number of amides is 1. The van der Waals surface area contributed by atoms with Crippen LogP contribution in [0.1, 0.15) is 68.1 Å². The lowest BCUT2D eigenvalue weighted by atomic mass is 9.84. The largest absolute Gasteiger partial charge is 0.405 e. The van der Waals surface area contributed by atoms with Crippen molar-refractivity contribution in [3.8, 4) is 0 Å². The number of pyridine rings is 1. The Kier molecular flexibility index (Phi) is 7.03. The summed E-state index contributed by atoms with van der Waals surface area (Å²) in [6.07, 6.45) is -1.03. The number of aromatic nitrogens is 1. The summed E-state index contributed by atoms with van der Waals surface area (Å²) in [6.45, 7) is 6.98. The molecular formula is C24H32F3N3O2. The summed E-state index contributed by atoms with van der Waals surface area (Å²) in [5, 5.41) is 16.2. The highest BCUT2D eigenvalue weighted by Gasteiger charge is 2.28. The van der Waals surface area contributed by atoms with Crippen LogP contribution in [0.15, 0.2) is 18.2 Å². The molecule has 0 spiro atoms. The van der Waals surface area contributed by atoms with Gasteiger partial charge < -0.3 is 15.7 Å². The van der Waals surface area contributed by atoms with Crippen LogP contribution < -0.4 is 10.6 Å². The SMILES string of the molecule is Cc1cc(C(=O)NC[C@H]2CCCC[C@@H]2O)nc2c(C(C)(C)C)cc(NCC(F)(F)F)cc12. The van der Waals surface area contributed by atoms with Gasteiger partial charge in [0.15, 0.2) is 0 Å². The molecule has 0 saturated heterocycles. The van der Waals surface area contributed by atoms with Crippen LogP contribution in [0.5, 0.6) is 0 Å². The van der Waals surface area contributed by atoms with Crippen LogP contribution in [0.2, 0.25) is 0 Å². The number of alkyl halides is 3. The number of aliphatic hydroxyl groups excluding tert-OH is 1. The third kappa shape index (κ3) is 5.91. The van der Waals surface area contributed by atoms with Gasteiger partial charge in [0, 0.05) is 23.5 Å². The Bertz CT molecular complexity index is 983. The van der Waals surface area contributed by atoms with Gasteiger partial charge in [-0.15, -0.1) is 0 Å². The second-order valence-electron chi connectivity index (χ2n) is 9.79. The van der Waals surface area contributed by atoms with E-state index in [1.54, 1.807) is 18.2 Å². The van der Waals surface area contributed by atoms with Gasteiger partial charge in [-0.2, -0.15) is 13.2 Å². The first kappa shape index (κ1) is 24.3. The van der Waals surface area contributed by atoms with Crippen LogP contribution in [0, 0.1) is 12.8 Å². The molecule has 0 unspecified atom stereocenters. The third-order valence-corrected chi connectivity index (χ3v) is 6.05. The number of carbonyl (C=O) groups is 1. The van der Waals surface area contributed by atoms with E-state index in [0.29, 0.717) is 23.1 Å². The van der Waals surface area contributed by atoms with Crippen LogP contribution in [-0.2, 0) is 5.41 Å². The van der Waals surface area contributed by atoms with E-state index in [4.69, 9.17) is 0 Å². The van der Waals surface area contributed by atoms with Gasteiger partial charge in [-0.25, -0.2) is 4.98 Å². The topological polar surface area (TPSA) is 74.2 Å². The van der Waals surface area contributed by atoms with E-state index in [1.807, 2.05) is 27.7 Å². The van der Waals surface area contributed by atoms with Crippen molar-refractivity contribution in [3.63, 3.8) is 0 Å². The summed E-state index contributed by atoms with van der Waals surface area (Å²) >= 11 is 0. The van der Waals surface area contributed by atoms with Crippen molar-refractivity contribution in [1.82, 2.24) is 10.3 Å². The van der Waals surface area contributed by atoms with Crippen LogP contribution in [-0.4, -0.2) is 41.4 Å². The van der Waals surface area contributed by atoms with Crippen molar-refractivity contribution < 1.29 is 23.1 Å². The molecule has 1 fully saturated rings. The Morgan fingerprint density at radius 2 is 1.84 bits per heavy atom. The van der Waals surface area contributed by atoms with Crippen molar-refractivity contribution in [2.75, 3.05) is 18.4 Å². The molecular weight excluding hydrogens is 419 g/mol. The summed E-state index contributed by atoms with van der Waals surface area (Å²) in [4.78, 5) is 17.4. The zero-order valence-corrected chi connectivity index (χ0v) is 19.1. The summed E-state index contributed by atoms with van der Waals surface area (Å²) < 4.78 is 38.1. The first-order chi connectivity index (χ1) is 14.8. The molecule has 3 N–H and O–H groups in total. The average Bonchev–Trinajstić information content (AvgIpc) is 2.69. The van der Waals surface area contributed by atoms with E-state index in [1.165, 1.54) is 0 Å². The van der Waals surface area contributed by atoms with Gasteiger partial charge in [-0.05, 0) is 54.5 Å². The molecule has 1 aliphatic carbocycles. The molecule has 0 bridgehead atoms. The summed E-state index contributed by atoms with van der Waals surface area (Å²) in [5.74, 6) is -0.270. The van der Waals surface area contributed by atoms with E-state index in [9.17, 15) is 23.1 Å². The molecule has 0 aliphatic heterocycles. The Hall–Kier alpha value is -2.35. The number of nitrogens with zero attached hydrogens (tertiary/aromatic N) is 1. The van der Waals surface area contributed by atoms with Crippen molar-refractivity contribution in [1.29, 1.82) is 0 Å². The number of benzene rings is 1. The molecule has 8 heteroatoms. The maximum Gasteiger partial charge on any atom is 0.405 e. The van der Waals surface area contributed by atoms with Gasteiger partial charge in [-0.1, -0.05) is 33.6 Å². The van der Waals surface area contributed by atoms with E-state index in [-0.39, 0.29) is 17.5 Å². The molecule has 1 aromatic carbocycles. The van der Waals surface area contributed by atoms with Gasteiger partial charge >= 0.3 is 6.18 Å². The second-order valence-corrected chi connectivity index (χ2v) is 9.79. The zero-order valence-electron chi connectivity index (χ0n) is 19.1. The predicted octanol–water partition coefficient (Wildman–Crippen LogP) is 5.10. The summed E-state index contributed by atoms with van der Waals surface area (Å²) in [7, 11) is 0. The minimum atomic E-state index is -4.32. The lowest BCUT2D eigenvalue weighted by molar-refractivity contribution is -0.115. The quantitative estimate of drug-likeness (QED) is 0.592. The highest BCUT2D eigenvalue weighted by Crippen LogP contribution is 2.34. The predicted molar refractivity (Wildman–Crippen MR) is 120 cm³/mol. The number of aryl methyl sites for hydroxylation is 1. The van der Waals surface area contributed by atoms with Gasteiger partial charge in [0.05, 0.1) is 11.6 Å². The van der Waals surface area contributed by atoms with E-state index >= 15 is 0 Å². The van der Waals surface area contributed by atoms with Gasteiger partial charge in [0.2, 0.25) is 0 Å². The minimum absolute atomic E-state index is 0.0432. The smallest absolute Gasteiger partial charge is 0.393 e. The fourth-order valence-electron chi connectivity index (χ4n) is 4.22. The van der Waals surface area contributed by atoms with E-state index in [2.05, 4.69) is 15.6 Å². The molecule has 1 saturated carbocycles. The fraction of sp³-hybridized carbons (Fsp3) is 0.583. The molecule has 2 aromatic rings. The second kappa shape index (κ2) is 9.25. The van der Waals surface area contributed by atoms with Gasteiger partial charge in [0.25, 0.3) is 5.91 Å². The number of nitrogens with one attached hydrogen (secondary N) is 2. The molecule has 0 radical (unpaired) electrons. The van der Waals surface area contributed by atoms with Crippen LogP contribution >= 0.6 is 0 Å². The lowest BCUT2D eigenvalue weighted by Crippen LogP contribution is -2.37. The maximum absolute atomic E-state index is 12.8. The molecule has 1 amide bonds. The van der Waals surface area contributed by atoms with Crippen molar-refractivity contribution in [2.45, 2.75) is 71.1 Å². The normalized spacial score (nSPS) is 19.8. The molecule has 32 heavy (non-hydrogen) atoms. The molecule has 1 aromatic heterocycles. The minimum Gasteiger partial charge on any atom is -0.393 e. The van der Waals surface area contributed by atoms with Crippen LogP contribution in [0.25, 0.3) is 10.9 Å². The number of fused-ring (bicyclic) bond motifs is 1. The molecule has 2 atom stereocenters. The number of anilines is 1. The van der Waals surface area contributed by atoms with Crippen molar-refractivity contribution in [3.05, 3.63) is 35.0 Å². The maximum atomic E-state index is 12.8. The third-order valence-electron chi connectivity index (χ3n) is 6.05. The number of aliphatic hydroxyl groups is 1.